The summed E-state index contributed by atoms with van der Waals surface area (Å²) in [6, 6.07) is 7.15. The molecule has 0 aliphatic rings. The van der Waals surface area contributed by atoms with E-state index in [1.807, 2.05) is 0 Å². The van der Waals surface area contributed by atoms with Gasteiger partial charge in [-0.2, -0.15) is 0 Å². The maximum absolute atomic E-state index is 6.28. The Hall–Kier alpha value is -0.715. The van der Waals surface area contributed by atoms with Gasteiger partial charge < -0.3 is 0 Å². The van der Waals surface area contributed by atoms with Gasteiger partial charge in [-0.05, 0) is 36.8 Å². The van der Waals surface area contributed by atoms with Crippen LogP contribution in [0.4, 0.5) is 0 Å². The van der Waals surface area contributed by atoms with E-state index in [0.29, 0.717) is 0 Å². The summed E-state index contributed by atoms with van der Waals surface area (Å²) in [7, 11) is 6.28. The molecule has 0 bridgehead atoms. The Kier molecular flexibility index (Phi) is 10.4. The summed E-state index contributed by atoms with van der Waals surface area (Å²) in [5, 5.41) is 0. The first-order valence-electron chi connectivity index (χ1n) is 9.59. The van der Waals surface area contributed by atoms with Crippen molar-refractivity contribution in [3.8, 4) is 0 Å². The number of aryl methyl sites for hydroxylation is 2. The minimum Gasteiger partial charge on any atom is -0.0655 e. The fourth-order valence-corrected chi connectivity index (χ4v) is 3.04. The van der Waals surface area contributed by atoms with Crippen LogP contribution in [0.2, 0.25) is 0 Å². The highest BCUT2D eigenvalue weighted by Crippen LogP contribution is 2.22. The van der Waals surface area contributed by atoms with Gasteiger partial charge in [-0.15, -0.1) is 0 Å². The SMILES string of the molecule is [B]C(CC)c1cc(CCCCCC)cc(CCCCCC)c1. The highest BCUT2D eigenvalue weighted by molar-refractivity contribution is 6.12. The van der Waals surface area contributed by atoms with E-state index in [0.717, 1.165) is 6.42 Å². The van der Waals surface area contributed by atoms with Gasteiger partial charge in [0.2, 0.25) is 0 Å². The van der Waals surface area contributed by atoms with Crippen molar-refractivity contribution in [1.82, 2.24) is 0 Å². The van der Waals surface area contributed by atoms with E-state index < -0.39 is 0 Å². The van der Waals surface area contributed by atoms with Gasteiger partial charge in [0.05, 0.1) is 7.85 Å². The monoisotopic (exact) mass is 298 g/mol. The number of rotatable bonds is 12. The Balaban J connectivity index is 2.68. The van der Waals surface area contributed by atoms with E-state index >= 15 is 0 Å². The minimum absolute atomic E-state index is 0.199. The molecule has 0 saturated heterocycles. The molecule has 1 aromatic rings. The minimum atomic E-state index is 0.199. The first-order valence-corrected chi connectivity index (χ1v) is 9.59. The van der Waals surface area contributed by atoms with Crippen LogP contribution >= 0.6 is 0 Å². The summed E-state index contributed by atoms with van der Waals surface area (Å²) in [6.45, 7) is 6.73. The highest BCUT2D eigenvalue weighted by atomic mass is 14.1. The maximum atomic E-state index is 6.28. The molecule has 0 spiro atoms. The van der Waals surface area contributed by atoms with Crippen molar-refractivity contribution in [2.75, 3.05) is 0 Å². The van der Waals surface area contributed by atoms with Crippen LogP contribution in [0.1, 0.15) is 101 Å². The van der Waals surface area contributed by atoms with Crippen molar-refractivity contribution >= 4 is 7.85 Å². The molecule has 0 fully saturated rings. The predicted octanol–water partition coefficient (Wildman–Crippen LogP) is 6.55. The lowest BCUT2D eigenvalue weighted by molar-refractivity contribution is 0.660. The van der Waals surface area contributed by atoms with E-state index in [-0.39, 0.29) is 5.82 Å². The summed E-state index contributed by atoms with van der Waals surface area (Å²) < 4.78 is 0. The third kappa shape index (κ3) is 7.52. The van der Waals surface area contributed by atoms with E-state index in [9.17, 15) is 0 Å². The zero-order chi connectivity index (χ0) is 16.2. The van der Waals surface area contributed by atoms with Crippen LogP contribution in [0.15, 0.2) is 18.2 Å². The summed E-state index contributed by atoms with van der Waals surface area (Å²) in [4.78, 5) is 0. The van der Waals surface area contributed by atoms with Crippen molar-refractivity contribution < 1.29 is 0 Å². The van der Waals surface area contributed by atoms with Gasteiger partial charge in [0.15, 0.2) is 0 Å². The molecule has 0 saturated carbocycles. The standard InChI is InChI=1S/C21H35B/c1-4-7-9-11-13-18-15-19(14-12-10-8-5-2)17-20(16-18)21(22)6-3/h15-17,21H,4-14H2,1-3H3. The topological polar surface area (TPSA) is 0 Å². The van der Waals surface area contributed by atoms with Gasteiger partial charge in [-0.25, -0.2) is 0 Å². The van der Waals surface area contributed by atoms with Crippen molar-refractivity contribution in [2.45, 2.75) is 97.2 Å². The van der Waals surface area contributed by atoms with Gasteiger partial charge >= 0.3 is 0 Å². The molecule has 0 heterocycles. The molecule has 1 unspecified atom stereocenters. The first-order chi connectivity index (χ1) is 10.7. The number of hydrogen-bond donors (Lipinski definition) is 0. The molecular weight excluding hydrogens is 263 g/mol. The quantitative estimate of drug-likeness (QED) is 0.303. The predicted molar refractivity (Wildman–Crippen MR) is 101 cm³/mol. The lowest BCUT2D eigenvalue weighted by Gasteiger charge is -2.15. The van der Waals surface area contributed by atoms with Crippen molar-refractivity contribution in [3.63, 3.8) is 0 Å². The molecular formula is C21H35B. The molecule has 1 atom stereocenters. The second-order valence-electron chi connectivity index (χ2n) is 6.72. The van der Waals surface area contributed by atoms with Gasteiger partial charge in [0.25, 0.3) is 0 Å². The molecule has 1 heteroatoms. The molecule has 0 aliphatic heterocycles. The van der Waals surface area contributed by atoms with Crippen molar-refractivity contribution in [1.29, 1.82) is 0 Å². The van der Waals surface area contributed by atoms with Crippen molar-refractivity contribution in [2.24, 2.45) is 0 Å². The van der Waals surface area contributed by atoms with E-state index in [1.165, 1.54) is 80.9 Å². The summed E-state index contributed by atoms with van der Waals surface area (Å²) in [5.41, 5.74) is 4.35. The molecule has 122 valence electrons. The molecule has 1 rings (SSSR count). The van der Waals surface area contributed by atoms with Crippen LogP contribution in [-0.4, -0.2) is 7.85 Å². The third-order valence-corrected chi connectivity index (χ3v) is 4.58. The van der Waals surface area contributed by atoms with E-state index in [1.54, 1.807) is 0 Å². The Morgan fingerprint density at radius 2 is 1.23 bits per heavy atom. The van der Waals surface area contributed by atoms with Crippen LogP contribution in [0.25, 0.3) is 0 Å². The number of benzene rings is 1. The lowest BCUT2D eigenvalue weighted by atomic mass is 9.77. The summed E-state index contributed by atoms with van der Waals surface area (Å²) >= 11 is 0. The van der Waals surface area contributed by atoms with Gasteiger partial charge in [0.1, 0.15) is 0 Å². The Labute approximate surface area is 140 Å². The lowest BCUT2D eigenvalue weighted by Crippen LogP contribution is -2.00. The van der Waals surface area contributed by atoms with Crippen LogP contribution < -0.4 is 0 Å². The van der Waals surface area contributed by atoms with Crippen LogP contribution in [0.3, 0.4) is 0 Å². The van der Waals surface area contributed by atoms with Crippen LogP contribution in [-0.2, 0) is 12.8 Å². The summed E-state index contributed by atoms with van der Waals surface area (Å²) in [5.74, 6) is 0.199. The number of unbranched alkanes of at least 4 members (excludes halogenated alkanes) is 6. The fourth-order valence-electron chi connectivity index (χ4n) is 3.04. The zero-order valence-corrected chi connectivity index (χ0v) is 15.2. The normalized spacial score (nSPS) is 12.5. The second kappa shape index (κ2) is 11.8. The van der Waals surface area contributed by atoms with Gasteiger partial charge in [0, 0.05) is 0 Å². The Morgan fingerprint density at radius 3 is 1.64 bits per heavy atom. The summed E-state index contributed by atoms with van der Waals surface area (Å²) in [6.07, 6.45) is 14.1. The maximum Gasteiger partial charge on any atom is 0.0763 e. The average Bonchev–Trinajstić information content (AvgIpc) is 2.54. The second-order valence-corrected chi connectivity index (χ2v) is 6.72. The Bertz CT molecular complexity index is 367. The average molecular weight is 298 g/mol. The zero-order valence-electron chi connectivity index (χ0n) is 15.2. The van der Waals surface area contributed by atoms with Crippen LogP contribution in [0, 0.1) is 0 Å². The first kappa shape index (κ1) is 19.3. The van der Waals surface area contributed by atoms with Gasteiger partial charge in [-0.1, -0.05) is 95.3 Å². The molecule has 0 amide bonds. The Morgan fingerprint density at radius 1 is 0.727 bits per heavy atom. The molecule has 0 aliphatic carbocycles. The number of hydrogen-bond acceptors (Lipinski definition) is 0. The molecule has 2 radical (unpaired) electrons. The fraction of sp³-hybridized carbons (Fsp3) is 0.714. The van der Waals surface area contributed by atoms with Gasteiger partial charge in [-0.3, -0.25) is 0 Å². The highest BCUT2D eigenvalue weighted by Gasteiger charge is 2.07. The third-order valence-electron chi connectivity index (χ3n) is 4.58. The molecule has 1 aromatic carbocycles. The van der Waals surface area contributed by atoms with E-state index in [2.05, 4.69) is 39.0 Å². The van der Waals surface area contributed by atoms with Crippen LogP contribution in [0.5, 0.6) is 0 Å². The van der Waals surface area contributed by atoms with Crippen molar-refractivity contribution in [3.05, 3.63) is 34.9 Å². The molecule has 22 heavy (non-hydrogen) atoms. The molecule has 0 N–H and O–H groups in total. The smallest absolute Gasteiger partial charge is 0.0655 e. The van der Waals surface area contributed by atoms with E-state index in [4.69, 9.17) is 7.85 Å². The largest absolute Gasteiger partial charge is 0.0763 e. The molecule has 0 aromatic heterocycles. The molecule has 0 nitrogen and oxygen atoms in total.